The van der Waals surface area contributed by atoms with Crippen molar-refractivity contribution >= 4 is 11.9 Å². The Labute approximate surface area is 131 Å². The van der Waals surface area contributed by atoms with Gasteiger partial charge in [0.25, 0.3) is 0 Å². The van der Waals surface area contributed by atoms with Crippen LogP contribution < -0.4 is 10.1 Å². The number of carboxylic acids is 1. The van der Waals surface area contributed by atoms with Crippen LogP contribution in [0.15, 0.2) is 24.3 Å². The van der Waals surface area contributed by atoms with Crippen LogP contribution in [0.3, 0.4) is 0 Å². The van der Waals surface area contributed by atoms with Gasteiger partial charge in [0, 0.05) is 18.9 Å². The molecule has 2 N–H and O–H groups in total. The molecule has 0 aromatic heterocycles. The van der Waals surface area contributed by atoms with Gasteiger partial charge in [-0.3, -0.25) is 9.59 Å². The van der Waals surface area contributed by atoms with Crippen LogP contribution in [-0.4, -0.2) is 23.6 Å². The van der Waals surface area contributed by atoms with Crippen LogP contribution in [0.2, 0.25) is 0 Å². The Morgan fingerprint density at radius 3 is 2.36 bits per heavy atom. The third-order valence-corrected chi connectivity index (χ3v) is 3.55. The van der Waals surface area contributed by atoms with Crippen LogP contribution in [0.4, 0.5) is 0 Å². The summed E-state index contributed by atoms with van der Waals surface area (Å²) in [7, 11) is 0. The van der Waals surface area contributed by atoms with E-state index in [2.05, 4.69) is 5.32 Å². The average Bonchev–Trinajstić information content (AvgIpc) is 2.51. The van der Waals surface area contributed by atoms with Crippen molar-refractivity contribution in [1.82, 2.24) is 5.32 Å². The van der Waals surface area contributed by atoms with Gasteiger partial charge in [-0.2, -0.15) is 0 Å². The van der Waals surface area contributed by atoms with Crippen molar-refractivity contribution in [2.75, 3.05) is 6.61 Å². The molecule has 5 nitrogen and oxygen atoms in total. The zero-order valence-electron chi connectivity index (χ0n) is 13.3. The summed E-state index contributed by atoms with van der Waals surface area (Å²) < 4.78 is 5.46. The molecule has 0 atom stereocenters. The van der Waals surface area contributed by atoms with Gasteiger partial charge in [0.05, 0.1) is 6.61 Å². The van der Waals surface area contributed by atoms with E-state index in [-0.39, 0.29) is 18.2 Å². The smallest absolute Gasteiger partial charge is 0.303 e. The van der Waals surface area contributed by atoms with Crippen molar-refractivity contribution in [2.45, 2.75) is 46.1 Å². The predicted octanol–water partition coefficient (Wildman–Crippen LogP) is 2.98. The monoisotopic (exact) mass is 307 g/mol. The van der Waals surface area contributed by atoms with E-state index < -0.39 is 5.97 Å². The Balaban J connectivity index is 2.35. The Hall–Kier alpha value is -2.04. The highest BCUT2D eigenvalue weighted by atomic mass is 16.5. The molecule has 122 valence electrons. The van der Waals surface area contributed by atoms with Crippen LogP contribution in [0.25, 0.3) is 0 Å². The molecule has 0 spiro atoms. The zero-order chi connectivity index (χ0) is 16.4. The molecular formula is C17H25NO4. The van der Waals surface area contributed by atoms with Crippen molar-refractivity contribution in [2.24, 2.45) is 5.92 Å². The molecule has 0 aliphatic rings. The van der Waals surface area contributed by atoms with Crippen molar-refractivity contribution in [1.29, 1.82) is 0 Å². The van der Waals surface area contributed by atoms with Crippen LogP contribution >= 0.6 is 0 Å². The second kappa shape index (κ2) is 9.82. The van der Waals surface area contributed by atoms with E-state index >= 15 is 0 Å². The molecule has 1 amide bonds. The van der Waals surface area contributed by atoms with Crippen LogP contribution in [0.1, 0.15) is 45.1 Å². The fraction of sp³-hybridized carbons (Fsp3) is 0.529. The number of amides is 1. The minimum atomic E-state index is -0.813. The van der Waals surface area contributed by atoms with Gasteiger partial charge < -0.3 is 15.2 Å². The normalized spacial score (nSPS) is 10.5. The van der Waals surface area contributed by atoms with E-state index in [4.69, 9.17) is 9.84 Å². The molecule has 22 heavy (non-hydrogen) atoms. The number of aliphatic carboxylic acids is 1. The number of carbonyl (C=O) groups excluding carboxylic acids is 1. The summed E-state index contributed by atoms with van der Waals surface area (Å²) >= 11 is 0. The second-order valence-corrected chi connectivity index (χ2v) is 5.22. The van der Waals surface area contributed by atoms with Gasteiger partial charge in [-0.05, 0) is 37.0 Å². The highest BCUT2D eigenvalue weighted by Crippen LogP contribution is 2.13. The lowest BCUT2D eigenvalue weighted by atomic mass is 10.0. The quantitative estimate of drug-likeness (QED) is 0.652. The second-order valence-electron chi connectivity index (χ2n) is 5.22. The maximum atomic E-state index is 11.9. The Bertz CT molecular complexity index is 466. The van der Waals surface area contributed by atoms with Crippen molar-refractivity contribution < 1.29 is 19.4 Å². The number of hydrogen-bond donors (Lipinski definition) is 2. The molecule has 5 heteroatoms. The Morgan fingerprint density at radius 2 is 1.82 bits per heavy atom. The number of carbonyl (C=O) groups is 2. The molecule has 0 aliphatic heterocycles. The van der Waals surface area contributed by atoms with E-state index in [0.717, 1.165) is 18.4 Å². The first-order chi connectivity index (χ1) is 10.6. The maximum absolute atomic E-state index is 11.9. The highest BCUT2D eigenvalue weighted by Gasteiger charge is 2.13. The fourth-order valence-corrected chi connectivity index (χ4v) is 2.11. The SMILES string of the molecule is CCC(CC)C(=O)NCc1ccc(OCCCC(=O)O)cc1. The topological polar surface area (TPSA) is 75.6 Å². The standard InChI is InChI=1S/C17H25NO4/c1-3-14(4-2)17(21)18-12-13-7-9-15(10-8-13)22-11-5-6-16(19)20/h7-10,14H,3-6,11-12H2,1-2H3,(H,18,21)(H,19,20). The largest absolute Gasteiger partial charge is 0.494 e. The molecule has 0 fully saturated rings. The summed E-state index contributed by atoms with van der Waals surface area (Å²) in [6.07, 6.45) is 2.31. The first-order valence-electron chi connectivity index (χ1n) is 7.78. The highest BCUT2D eigenvalue weighted by molar-refractivity contribution is 5.78. The third-order valence-electron chi connectivity index (χ3n) is 3.55. The molecule has 0 radical (unpaired) electrons. The third kappa shape index (κ3) is 6.61. The van der Waals surface area contributed by atoms with E-state index in [1.54, 1.807) is 0 Å². The lowest BCUT2D eigenvalue weighted by Crippen LogP contribution is -2.29. The number of nitrogens with one attached hydrogen (secondary N) is 1. The number of carboxylic acid groups (broad SMARTS) is 1. The number of rotatable bonds is 10. The summed E-state index contributed by atoms with van der Waals surface area (Å²) in [5.74, 6) is 0.0726. The van der Waals surface area contributed by atoms with Gasteiger partial charge >= 0.3 is 5.97 Å². The van der Waals surface area contributed by atoms with Gasteiger partial charge in [-0.1, -0.05) is 26.0 Å². The Morgan fingerprint density at radius 1 is 1.18 bits per heavy atom. The van der Waals surface area contributed by atoms with Gasteiger partial charge in [0.15, 0.2) is 0 Å². The van der Waals surface area contributed by atoms with Gasteiger partial charge in [-0.15, -0.1) is 0 Å². The van der Waals surface area contributed by atoms with Crippen molar-refractivity contribution in [3.63, 3.8) is 0 Å². The summed E-state index contributed by atoms with van der Waals surface area (Å²) in [6, 6.07) is 7.47. The molecule has 0 heterocycles. The number of hydrogen-bond acceptors (Lipinski definition) is 3. The minimum absolute atomic E-state index is 0.0804. The number of benzene rings is 1. The van der Waals surface area contributed by atoms with Gasteiger partial charge in [-0.25, -0.2) is 0 Å². The summed E-state index contributed by atoms with van der Waals surface area (Å²) in [5, 5.41) is 11.5. The predicted molar refractivity (Wildman–Crippen MR) is 84.7 cm³/mol. The van der Waals surface area contributed by atoms with E-state index in [1.165, 1.54) is 0 Å². The minimum Gasteiger partial charge on any atom is -0.494 e. The van der Waals surface area contributed by atoms with Crippen LogP contribution in [0, 0.1) is 5.92 Å². The molecular weight excluding hydrogens is 282 g/mol. The fourth-order valence-electron chi connectivity index (χ4n) is 2.11. The van der Waals surface area contributed by atoms with Gasteiger partial charge in [0.2, 0.25) is 5.91 Å². The lowest BCUT2D eigenvalue weighted by molar-refractivity contribution is -0.137. The van der Waals surface area contributed by atoms with Crippen molar-refractivity contribution in [3.05, 3.63) is 29.8 Å². The van der Waals surface area contributed by atoms with E-state index in [0.29, 0.717) is 25.3 Å². The molecule has 0 saturated carbocycles. The molecule has 1 aromatic rings. The zero-order valence-corrected chi connectivity index (χ0v) is 13.3. The van der Waals surface area contributed by atoms with Crippen molar-refractivity contribution in [3.8, 4) is 5.75 Å². The van der Waals surface area contributed by atoms with Crippen LogP contribution in [-0.2, 0) is 16.1 Å². The molecule has 1 rings (SSSR count). The number of ether oxygens (including phenoxy) is 1. The molecule has 0 unspecified atom stereocenters. The molecule has 1 aromatic carbocycles. The first-order valence-corrected chi connectivity index (χ1v) is 7.78. The van der Waals surface area contributed by atoms with E-state index in [9.17, 15) is 9.59 Å². The summed E-state index contributed by atoms with van der Waals surface area (Å²) in [6.45, 7) is 4.93. The molecule has 0 bridgehead atoms. The van der Waals surface area contributed by atoms with E-state index in [1.807, 2.05) is 38.1 Å². The lowest BCUT2D eigenvalue weighted by Gasteiger charge is -2.13. The van der Waals surface area contributed by atoms with Gasteiger partial charge in [0.1, 0.15) is 5.75 Å². The Kier molecular flexibility index (Phi) is 8.04. The first kappa shape index (κ1) is 18.0. The summed E-state index contributed by atoms with van der Waals surface area (Å²) in [5.41, 5.74) is 1.01. The molecule has 0 aliphatic carbocycles. The summed E-state index contributed by atoms with van der Waals surface area (Å²) in [4.78, 5) is 22.3. The maximum Gasteiger partial charge on any atom is 0.303 e. The van der Waals surface area contributed by atoms with Crippen LogP contribution in [0.5, 0.6) is 5.75 Å². The average molecular weight is 307 g/mol. The molecule has 0 saturated heterocycles.